The molecule has 0 radical (unpaired) electrons. The molecule has 12 heteroatoms. The van der Waals surface area contributed by atoms with Crippen molar-refractivity contribution < 1.29 is 19.7 Å². The highest BCUT2D eigenvalue weighted by molar-refractivity contribution is 6.30. The van der Waals surface area contributed by atoms with Crippen molar-refractivity contribution in [3.8, 4) is 5.75 Å². The minimum absolute atomic E-state index is 0.00833. The molecule has 0 aliphatic rings. The van der Waals surface area contributed by atoms with Gasteiger partial charge in [0.15, 0.2) is 11.2 Å². The number of nitrogens with zero attached hydrogens (tertiary/aromatic N) is 3. The van der Waals surface area contributed by atoms with Crippen LogP contribution < -0.4 is 21.3 Å². The predicted molar refractivity (Wildman–Crippen MR) is 134 cm³/mol. The summed E-state index contributed by atoms with van der Waals surface area (Å²) < 4.78 is 8.09. The third-order valence-corrected chi connectivity index (χ3v) is 5.79. The molecular formula is C24H24ClN5O6. The van der Waals surface area contributed by atoms with Crippen LogP contribution in [-0.4, -0.2) is 54.0 Å². The first kappa shape index (κ1) is 25.0. The molecule has 0 aliphatic heterocycles. The van der Waals surface area contributed by atoms with E-state index in [0.29, 0.717) is 10.8 Å². The Labute approximate surface area is 209 Å². The maximum Gasteiger partial charge on any atom is 0.329 e. The van der Waals surface area contributed by atoms with E-state index in [9.17, 15) is 24.6 Å². The van der Waals surface area contributed by atoms with Crippen LogP contribution in [0.25, 0.3) is 11.2 Å². The van der Waals surface area contributed by atoms with E-state index in [2.05, 4.69) is 15.3 Å². The van der Waals surface area contributed by atoms with Crippen molar-refractivity contribution in [3.63, 3.8) is 0 Å². The second kappa shape index (κ2) is 10.7. The number of ether oxygens (including phenoxy) is 1. The summed E-state index contributed by atoms with van der Waals surface area (Å²) in [5, 5.41) is 23.9. The number of carboxylic acid groups (broad SMARTS) is 1. The number of aliphatic carboxylic acids is 1. The number of aliphatic hydroxyl groups excluding tert-OH is 1. The maximum atomic E-state index is 12.7. The van der Waals surface area contributed by atoms with Gasteiger partial charge >= 0.3 is 11.7 Å². The van der Waals surface area contributed by atoms with E-state index < -0.39 is 29.4 Å². The molecule has 2 aromatic carbocycles. The van der Waals surface area contributed by atoms with Gasteiger partial charge in [0.25, 0.3) is 5.56 Å². The first-order valence-electron chi connectivity index (χ1n) is 11.0. The van der Waals surface area contributed by atoms with E-state index in [1.807, 2.05) is 6.07 Å². The van der Waals surface area contributed by atoms with E-state index >= 15 is 0 Å². The quantitative estimate of drug-likeness (QED) is 0.250. The molecule has 4 aromatic rings. The number of hydrogen-bond donors (Lipinski definition) is 4. The Morgan fingerprint density at radius 3 is 2.53 bits per heavy atom. The predicted octanol–water partition coefficient (Wildman–Crippen LogP) is 1.62. The molecule has 0 fully saturated rings. The van der Waals surface area contributed by atoms with Gasteiger partial charge in [-0.05, 0) is 29.8 Å². The highest BCUT2D eigenvalue weighted by Crippen LogP contribution is 2.20. The molecule has 188 valence electrons. The zero-order valence-corrected chi connectivity index (χ0v) is 20.0. The molecule has 36 heavy (non-hydrogen) atoms. The maximum absolute atomic E-state index is 12.7. The molecule has 0 bridgehead atoms. The number of nitrogens with one attached hydrogen (secondary N) is 2. The van der Waals surface area contributed by atoms with Gasteiger partial charge in [0.2, 0.25) is 5.95 Å². The largest absolute Gasteiger partial charge is 0.491 e. The number of carbonyl (C=O) groups is 1. The zero-order chi connectivity index (χ0) is 25.8. The minimum Gasteiger partial charge on any atom is -0.491 e. The Bertz CT molecular complexity index is 1480. The number of aromatic amines is 1. The third kappa shape index (κ3) is 5.58. The van der Waals surface area contributed by atoms with E-state index in [1.165, 1.54) is 11.6 Å². The van der Waals surface area contributed by atoms with Gasteiger partial charge in [0.1, 0.15) is 24.5 Å². The Hall–Kier alpha value is -4.09. The van der Waals surface area contributed by atoms with Crippen LogP contribution in [-0.2, 0) is 24.8 Å². The average Bonchev–Trinajstić information content (AvgIpc) is 3.20. The molecular weight excluding hydrogens is 490 g/mol. The fourth-order valence-corrected chi connectivity index (χ4v) is 3.84. The number of anilines is 1. The van der Waals surface area contributed by atoms with Gasteiger partial charge in [-0.2, -0.15) is 4.98 Å². The van der Waals surface area contributed by atoms with Gasteiger partial charge < -0.3 is 24.8 Å². The monoisotopic (exact) mass is 513 g/mol. The van der Waals surface area contributed by atoms with Crippen molar-refractivity contribution in [2.24, 2.45) is 7.05 Å². The zero-order valence-electron chi connectivity index (χ0n) is 19.2. The normalized spacial score (nSPS) is 12.9. The number of benzene rings is 2. The van der Waals surface area contributed by atoms with Gasteiger partial charge in [-0.15, -0.1) is 0 Å². The van der Waals surface area contributed by atoms with E-state index in [0.717, 1.165) is 10.1 Å². The van der Waals surface area contributed by atoms with Gasteiger partial charge in [0.05, 0.1) is 6.54 Å². The van der Waals surface area contributed by atoms with E-state index in [-0.39, 0.29) is 36.7 Å². The van der Waals surface area contributed by atoms with E-state index in [4.69, 9.17) is 16.3 Å². The highest BCUT2D eigenvalue weighted by Gasteiger charge is 2.25. The SMILES string of the molecule is Cn1c(=O)[nH]c(=O)c2c1nc(N[C@H](Cc1ccccc1)C(=O)O)n2C[C@H](O)COc1ccc(Cl)cc1. The first-order chi connectivity index (χ1) is 17.2. The number of hydrogen-bond acceptors (Lipinski definition) is 7. The smallest absolute Gasteiger partial charge is 0.329 e. The first-order valence-corrected chi connectivity index (χ1v) is 11.4. The average molecular weight is 514 g/mol. The van der Waals surface area contributed by atoms with Crippen LogP contribution in [0.4, 0.5) is 5.95 Å². The van der Waals surface area contributed by atoms with Crippen LogP contribution in [0.1, 0.15) is 5.56 Å². The summed E-state index contributed by atoms with van der Waals surface area (Å²) in [6, 6.07) is 14.5. The number of aryl methyl sites for hydroxylation is 1. The molecule has 4 rings (SSSR count). The van der Waals surface area contributed by atoms with Crippen LogP contribution in [0.2, 0.25) is 5.02 Å². The van der Waals surface area contributed by atoms with Gasteiger partial charge in [-0.1, -0.05) is 41.9 Å². The summed E-state index contributed by atoms with van der Waals surface area (Å²) in [7, 11) is 1.43. The van der Waals surface area contributed by atoms with Crippen LogP contribution >= 0.6 is 11.6 Å². The molecule has 2 heterocycles. The minimum atomic E-state index is -1.13. The van der Waals surface area contributed by atoms with Crippen molar-refractivity contribution in [3.05, 3.63) is 86.0 Å². The summed E-state index contributed by atoms with van der Waals surface area (Å²) in [6.07, 6.45) is -0.968. The van der Waals surface area contributed by atoms with Crippen molar-refractivity contribution in [1.82, 2.24) is 19.1 Å². The van der Waals surface area contributed by atoms with Gasteiger partial charge in [-0.25, -0.2) is 9.59 Å². The molecule has 0 spiro atoms. The van der Waals surface area contributed by atoms with Crippen LogP contribution in [0.5, 0.6) is 5.75 Å². The number of imidazole rings is 1. The lowest BCUT2D eigenvalue weighted by molar-refractivity contribution is -0.137. The van der Waals surface area contributed by atoms with E-state index in [1.54, 1.807) is 48.5 Å². The molecule has 2 aromatic heterocycles. The summed E-state index contributed by atoms with van der Waals surface area (Å²) in [5.41, 5.74) is -0.555. The Morgan fingerprint density at radius 2 is 1.86 bits per heavy atom. The molecule has 0 unspecified atom stereocenters. The third-order valence-electron chi connectivity index (χ3n) is 5.54. The van der Waals surface area contributed by atoms with Crippen LogP contribution in [0, 0.1) is 0 Å². The Morgan fingerprint density at radius 1 is 1.17 bits per heavy atom. The lowest BCUT2D eigenvalue weighted by Gasteiger charge is -2.19. The standard InChI is InChI=1S/C24H24ClN5O6/c1-29-20-19(21(32)28-24(29)35)30(12-16(31)13-36-17-9-7-15(25)8-10-17)23(27-20)26-18(22(33)34)11-14-5-3-2-4-6-14/h2-10,16,18,31H,11-13H2,1H3,(H,26,27)(H,33,34)(H,28,32,35)/t16-,18+/m0/s1. The van der Waals surface area contributed by atoms with Crippen LogP contribution in [0.15, 0.2) is 64.2 Å². The number of H-pyrrole nitrogens is 1. The molecule has 0 aliphatic carbocycles. The molecule has 0 saturated heterocycles. The topological polar surface area (TPSA) is 151 Å². The van der Waals surface area contributed by atoms with Crippen molar-refractivity contribution in [2.45, 2.75) is 25.1 Å². The lowest BCUT2D eigenvalue weighted by Crippen LogP contribution is -2.34. The Kier molecular flexibility index (Phi) is 7.41. The van der Waals surface area contributed by atoms with Crippen molar-refractivity contribution in [2.75, 3.05) is 11.9 Å². The van der Waals surface area contributed by atoms with Gasteiger partial charge in [0, 0.05) is 18.5 Å². The number of carboxylic acids is 1. The summed E-state index contributed by atoms with van der Waals surface area (Å²) >= 11 is 5.87. The highest BCUT2D eigenvalue weighted by atomic mass is 35.5. The molecule has 0 saturated carbocycles. The second-order valence-electron chi connectivity index (χ2n) is 8.18. The molecule has 0 amide bonds. The molecule has 4 N–H and O–H groups in total. The molecule has 2 atom stereocenters. The lowest BCUT2D eigenvalue weighted by atomic mass is 10.1. The van der Waals surface area contributed by atoms with Crippen molar-refractivity contribution in [1.29, 1.82) is 0 Å². The summed E-state index contributed by atoms with van der Waals surface area (Å²) in [4.78, 5) is 43.4. The van der Waals surface area contributed by atoms with Gasteiger partial charge in [-0.3, -0.25) is 14.3 Å². The number of rotatable bonds is 10. The second-order valence-corrected chi connectivity index (χ2v) is 8.62. The number of aliphatic hydroxyl groups is 1. The summed E-state index contributed by atoms with van der Waals surface area (Å²) in [5.74, 6) is -0.626. The van der Waals surface area contributed by atoms with Crippen molar-refractivity contribution >= 4 is 34.7 Å². The molecule has 11 nitrogen and oxygen atoms in total. The Balaban J connectivity index is 1.66. The summed E-state index contributed by atoms with van der Waals surface area (Å²) in [6.45, 7) is -0.290. The number of halogens is 1. The fourth-order valence-electron chi connectivity index (χ4n) is 3.71. The fraction of sp³-hybridized carbons (Fsp3) is 0.250. The number of fused-ring (bicyclic) bond motifs is 1. The number of aromatic nitrogens is 4. The van der Waals surface area contributed by atoms with Crippen LogP contribution in [0.3, 0.4) is 0 Å².